The van der Waals surface area contributed by atoms with Crippen LogP contribution < -0.4 is 4.74 Å². The van der Waals surface area contributed by atoms with Gasteiger partial charge in [0.1, 0.15) is 11.9 Å². The molecule has 3 rings (SSSR count). The minimum absolute atomic E-state index is 0.170. The molecule has 3 aromatic rings. The van der Waals surface area contributed by atoms with Crippen molar-refractivity contribution in [2.45, 2.75) is 19.1 Å². The summed E-state index contributed by atoms with van der Waals surface area (Å²) in [6, 6.07) is 9.12. The predicted octanol–water partition coefficient (Wildman–Crippen LogP) is 3.51. The van der Waals surface area contributed by atoms with E-state index in [-0.39, 0.29) is 6.04 Å². The van der Waals surface area contributed by atoms with E-state index in [9.17, 15) is 4.79 Å². The lowest BCUT2D eigenvalue weighted by Crippen LogP contribution is -2.21. The minimum atomic E-state index is -0.495. The molecule has 0 fully saturated rings. The second-order valence-corrected chi connectivity index (χ2v) is 5.92. The van der Waals surface area contributed by atoms with Crippen molar-refractivity contribution >= 4 is 17.3 Å². The average Bonchev–Trinajstić information content (AvgIpc) is 3.32. The summed E-state index contributed by atoms with van der Waals surface area (Å²) in [5.74, 6) is 0.297. The Morgan fingerprint density at radius 3 is 2.67 bits per heavy atom. The van der Waals surface area contributed by atoms with E-state index < -0.39 is 12.1 Å². The van der Waals surface area contributed by atoms with Gasteiger partial charge in [0.2, 0.25) is 0 Å². The highest BCUT2D eigenvalue weighted by molar-refractivity contribution is 7.07. The second-order valence-electron chi connectivity index (χ2n) is 5.20. The van der Waals surface area contributed by atoms with Crippen LogP contribution in [0.4, 0.5) is 0 Å². The summed E-state index contributed by atoms with van der Waals surface area (Å²) in [7, 11) is 1.61. The molecular formula is C17H17N3O3S. The molecule has 7 heteroatoms. The number of hydrogen-bond donors (Lipinski definition) is 0. The van der Waals surface area contributed by atoms with Crippen molar-refractivity contribution in [3.8, 4) is 5.75 Å². The number of methoxy groups -OCH3 is 1. The maximum atomic E-state index is 12.4. The van der Waals surface area contributed by atoms with Crippen LogP contribution in [0.1, 0.15) is 35.1 Å². The quantitative estimate of drug-likeness (QED) is 0.641. The first-order valence-electron chi connectivity index (χ1n) is 7.41. The van der Waals surface area contributed by atoms with Crippen LogP contribution in [0, 0.1) is 0 Å². The standard InChI is InChI=1S/C17H17N3O3S/c1-12(20-9-3-8-19-20)16(13-4-6-14(22-2)7-5-13)23-17(21)15-10-24-11-18-15/h3-12,16H,1-2H3/t12-,16-/m1/s1. The first-order chi connectivity index (χ1) is 11.7. The number of rotatable bonds is 6. The zero-order valence-electron chi connectivity index (χ0n) is 13.3. The molecule has 0 aliphatic carbocycles. The molecule has 0 aliphatic heterocycles. The molecule has 0 spiro atoms. The molecule has 2 heterocycles. The SMILES string of the molecule is COc1ccc([C@H](OC(=O)c2cscn2)[C@@H](C)n2cccn2)cc1. The lowest BCUT2D eigenvalue weighted by Gasteiger charge is -2.24. The fraction of sp³-hybridized carbons (Fsp3) is 0.235. The Labute approximate surface area is 143 Å². The summed E-state index contributed by atoms with van der Waals surface area (Å²) in [4.78, 5) is 16.4. The third-order valence-electron chi connectivity index (χ3n) is 3.70. The molecule has 2 aromatic heterocycles. The van der Waals surface area contributed by atoms with Gasteiger partial charge in [0.05, 0.1) is 18.7 Å². The lowest BCUT2D eigenvalue weighted by atomic mass is 10.0. The molecule has 0 unspecified atom stereocenters. The molecule has 0 aliphatic rings. The van der Waals surface area contributed by atoms with Gasteiger partial charge in [-0.05, 0) is 30.7 Å². The van der Waals surface area contributed by atoms with Gasteiger partial charge in [0.15, 0.2) is 5.69 Å². The van der Waals surface area contributed by atoms with Crippen molar-refractivity contribution in [1.29, 1.82) is 0 Å². The third kappa shape index (κ3) is 3.46. The van der Waals surface area contributed by atoms with Crippen LogP contribution in [0.5, 0.6) is 5.75 Å². The van der Waals surface area contributed by atoms with Crippen LogP contribution in [0.2, 0.25) is 0 Å². The highest BCUT2D eigenvalue weighted by atomic mass is 32.1. The van der Waals surface area contributed by atoms with Gasteiger partial charge in [-0.25, -0.2) is 9.78 Å². The number of aromatic nitrogens is 3. The first kappa shape index (κ1) is 16.2. The maximum absolute atomic E-state index is 12.4. The van der Waals surface area contributed by atoms with Crippen LogP contribution in [0.3, 0.4) is 0 Å². The molecule has 0 saturated carbocycles. The third-order valence-corrected chi connectivity index (χ3v) is 4.29. The highest BCUT2D eigenvalue weighted by Crippen LogP contribution is 2.31. The van der Waals surface area contributed by atoms with Gasteiger partial charge < -0.3 is 9.47 Å². The van der Waals surface area contributed by atoms with E-state index in [0.717, 1.165) is 11.3 Å². The number of carbonyl (C=O) groups excluding carboxylic acids is 1. The first-order valence-corrected chi connectivity index (χ1v) is 8.35. The van der Waals surface area contributed by atoms with Crippen molar-refractivity contribution in [1.82, 2.24) is 14.8 Å². The van der Waals surface area contributed by atoms with E-state index >= 15 is 0 Å². The molecule has 6 nitrogen and oxygen atoms in total. The van der Waals surface area contributed by atoms with Crippen molar-refractivity contribution in [3.05, 3.63) is 64.9 Å². The zero-order chi connectivity index (χ0) is 16.9. The minimum Gasteiger partial charge on any atom is -0.497 e. The average molecular weight is 343 g/mol. The molecule has 0 N–H and O–H groups in total. The number of nitrogens with zero attached hydrogens (tertiary/aromatic N) is 3. The normalized spacial score (nSPS) is 13.2. The van der Waals surface area contributed by atoms with E-state index in [1.54, 1.807) is 28.9 Å². The monoisotopic (exact) mass is 343 g/mol. The summed E-state index contributed by atoms with van der Waals surface area (Å²) in [6.07, 6.45) is 3.05. The predicted molar refractivity (Wildman–Crippen MR) is 90.2 cm³/mol. The number of esters is 1. The van der Waals surface area contributed by atoms with Crippen LogP contribution in [0.25, 0.3) is 0 Å². The molecule has 124 valence electrons. The number of carbonyl (C=O) groups is 1. The number of benzene rings is 1. The van der Waals surface area contributed by atoms with Gasteiger partial charge in [0, 0.05) is 17.8 Å². The Morgan fingerprint density at radius 1 is 1.29 bits per heavy atom. The van der Waals surface area contributed by atoms with Crippen molar-refractivity contribution in [3.63, 3.8) is 0 Å². The van der Waals surface area contributed by atoms with Crippen molar-refractivity contribution in [2.24, 2.45) is 0 Å². The van der Waals surface area contributed by atoms with E-state index in [1.807, 2.05) is 43.5 Å². The molecule has 0 saturated heterocycles. The molecular weight excluding hydrogens is 326 g/mol. The molecule has 0 amide bonds. The van der Waals surface area contributed by atoms with Gasteiger partial charge in [0.25, 0.3) is 0 Å². The van der Waals surface area contributed by atoms with E-state index in [0.29, 0.717) is 5.69 Å². The fourth-order valence-corrected chi connectivity index (χ4v) is 2.91. The summed E-state index contributed by atoms with van der Waals surface area (Å²) < 4.78 is 12.7. The van der Waals surface area contributed by atoms with Gasteiger partial charge in [-0.3, -0.25) is 4.68 Å². The van der Waals surface area contributed by atoms with Gasteiger partial charge in [-0.15, -0.1) is 11.3 Å². The maximum Gasteiger partial charge on any atom is 0.358 e. The summed E-state index contributed by atoms with van der Waals surface area (Å²) >= 11 is 1.36. The summed E-state index contributed by atoms with van der Waals surface area (Å²) in [5.41, 5.74) is 2.78. The Balaban J connectivity index is 1.89. The van der Waals surface area contributed by atoms with E-state index in [2.05, 4.69) is 10.1 Å². The molecule has 1 aromatic carbocycles. The Kier molecular flexibility index (Phi) is 4.90. The second kappa shape index (κ2) is 7.27. The van der Waals surface area contributed by atoms with E-state index in [1.165, 1.54) is 11.3 Å². The van der Waals surface area contributed by atoms with Crippen molar-refractivity contribution in [2.75, 3.05) is 7.11 Å². The van der Waals surface area contributed by atoms with Crippen LogP contribution in [-0.2, 0) is 4.74 Å². The Bertz CT molecular complexity index is 770. The largest absolute Gasteiger partial charge is 0.497 e. The summed E-state index contributed by atoms with van der Waals surface area (Å²) in [5, 5.41) is 5.93. The zero-order valence-corrected chi connectivity index (χ0v) is 14.1. The number of ether oxygens (including phenoxy) is 2. The summed E-state index contributed by atoms with van der Waals surface area (Å²) in [6.45, 7) is 1.95. The van der Waals surface area contributed by atoms with Gasteiger partial charge in [-0.2, -0.15) is 5.10 Å². The Hall–Kier alpha value is -2.67. The lowest BCUT2D eigenvalue weighted by molar-refractivity contribution is 0.0151. The number of hydrogen-bond acceptors (Lipinski definition) is 6. The molecule has 0 radical (unpaired) electrons. The smallest absolute Gasteiger partial charge is 0.358 e. The van der Waals surface area contributed by atoms with Crippen molar-refractivity contribution < 1.29 is 14.3 Å². The van der Waals surface area contributed by atoms with Crippen LogP contribution in [-0.4, -0.2) is 27.8 Å². The molecule has 0 bridgehead atoms. The van der Waals surface area contributed by atoms with Crippen LogP contribution in [0.15, 0.2) is 53.6 Å². The highest BCUT2D eigenvalue weighted by Gasteiger charge is 2.26. The van der Waals surface area contributed by atoms with Gasteiger partial charge in [-0.1, -0.05) is 12.1 Å². The fourth-order valence-electron chi connectivity index (χ4n) is 2.39. The van der Waals surface area contributed by atoms with E-state index in [4.69, 9.17) is 9.47 Å². The van der Waals surface area contributed by atoms with Crippen LogP contribution >= 0.6 is 11.3 Å². The number of thiazole rings is 1. The Morgan fingerprint density at radius 2 is 2.08 bits per heavy atom. The molecule has 2 atom stereocenters. The van der Waals surface area contributed by atoms with Gasteiger partial charge >= 0.3 is 5.97 Å². The molecule has 24 heavy (non-hydrogen) atoms. The topological polar surface area (TPSA) is 66.2 Å².